The quantitative estimate of drug-likeness (QED) is 0.877. The van der Waals surface area contributed by atoms with Gasteiger partial charge in [0.15, 0.2) is 5.82 Å². The zero-order chi connectivity index (χ0) is 13.2. The first-order valence-electron chi connectivity index (χ1n) is 4.73. The molecule has 18 heavy (non-hydrogen) atoms. The summed E-state index contributed by atoms with van der Waals surface area (Å²) in [5.41, 5.74) is -0.204. The van der Waals surface area contributed by atoms with Crippen LogP contribution in [0.5, 0.6) is 0 Å². The van der Waals surface area contributed by atoms with Crippen LogP contribution >= 0.6 is 11.6 Å². The van der Waals surface area contributed by atoms with Gasteiger partial charge in [0.2, 0.25) is 0 Å². The third kappa shape index (κ3) is 2.57. The molecule has 0 amide bonds. The van der Waals surface area contributed by atoms with Gasteiger partial charge in [-0.05, 0) is 18.2 Å². The fraction of sp³-hybridized carbons (Fsp3) is 0. The highest BCUT2D eigenvalue weighted by Gasteiger charge is 2.19. The van der Waals surface area contributed by atoms with E-state index in [4.69, 9.17) is 11.6 Å². The monoisotopic (exact) mass is 287 g/mol. The summed E-state index contributed by atoms with van der Waals surface area (Å²) in [5, 5.41) is -0.181. The van der Waals surface area contributed by atoms with Crippen molar-refractivity contribution in [3.63, 3.8) is 0 Å². The molecule has 0 aromatic carbocycles. The predicted molar refractivity (Wildman–Crippen MR) is 64.3 cm³/mol. The standard InChI is InChI=1S/C10H7ClFN3O2S/c11-10-9(2-1-4-14-10)18(16,17)15-8-3-5-13-6-7(8)12/h1-6H,(H,13,15). The van der Waals surface area contributed by atoms with Gasteiger partial charge in [0, 0.05) is 12.4 Å². The minimum Gasteiger partial charge on any atom is -0.276 e. The molecule has 2 aromatic heterocycles. The number of anilines is 1. The lowest BCUT2D eigenvalue weighted by Crippen LogP contribution is -2.14. The molecule has 0 saturated carbocycles. The number of nitrogens with zero attached hydrogens (tertiary/aromatic N) is 2. The summed E-state index contributed by atoms with van der Waals surface area (Å²) in [6.45, 7) is 0. The maximum Gasteiger partial charge on any atom is 0.265 e. The second-order valence-electron chi connectivity index (χ2n) is 3.25. The smallest absolute Gasteiger partial charge is 0.265 e. The van der Waals surface area contributed by atoms with E-state index in [0.29, 0.717) is 0 Å². The third-order valence-electron chi connectivity index (χ3n) is 2.03. The third-order valence-corrected chi connectivity index (χ3v) is 3.84. The van der Waals surface area contributed by atoms with Gasteiger partial charge in [-0.25, -0.2) is 17.8 Å². The second-order valence-corrected chi connectivity index (χ2v) is 5.26. The first kappa shape index (κ1) is 12.7. The molecule has 0 aliphatic carbocycles. The van der Waals surface area contributed by atoms with Crippen molar-refractivity contribution in [3.8, 4) is 0 Å². The van der Waals surface area contributed by atoms with Crippen LogP contribution in [0.15, 0.2) is 41.7 Å². The van der Waals surface area contributed by atoms with Crippen LogP contribution in [0.4, 0.5) is 10.1 Å². The Kier molecular flexibility index (Phi) is 3.44. The number of halogens is 2. The Labute approximate surface area is 108 Å². The summed E-state index contributed by atoms with van der Waals surface area (Å²) in [4.78, 5) is 6.95. The Hall–Kier alpha value is -1.73. The highest BCUT2D eigenvalue weighted by atomic mass is 35.5. The van der Waals surface area contributed by atoms with Crippen molar-refractivity contribution in [1.29, 1.82) is 0 Å². The van der Waals surface area contributed by atoms with E-state index in [1.165, 1.54) is 30.6 Å². The van der Waals surface area contributed by atoms with Crippen LogP contribution in [0.3, 0.4) is 0 Å². The maximum absolute atomic E-state index is 13.3. The molecule has 0 fully saturated rings. The molecule has 2 aromatic rings. The van der Waals surface area contributed by atoms with E-state index in [2.05, 4.69) is 14.7 Å². The van der Waals surface area contributed by atoms with Gasteiger partial charge in [0.25, 0.3) is 10.0 Å². The highest BCUT2D eigenvalue weighted by Crippen LogP contribution is 2.22. The first-order chi connectivity index (χ1) is 8.50. The molecule has 2 heterocycles. The van der Waals surface area contributed by atoms with Crippen LogP contribution < -0.4 is 4.72 Å². The molecule has 5 nitrogen and oxygen atoms in total. The van der Waals surface area contributed by atoms with Crippen LogP contribution in [0, 0.1) is 5.82 Å². The van der Waals surface area contributed by atoms with Crippen LogP contribution in [0.1, 0.15) is 0 Å². The average molecular weight is 288 g/mol. The van der Waals surface area contributed by atoms with Crippen molar-refractivity contribution in [2.75, 3.05) is 4.72 Å². The van der Waals surface area contributed by atoms with Gasteiger partial charge < -0.3 is 0 Å². The molecule has 0 unspecified atom stereocenters. The van der Waals surface area contributed by atoms with Gasteiger partial charge in [-0.2, -0.15) is 0 Å². The Morgan fingerprint density at radius 3 is 2.72 bits per heavy atom. The molecule has 0 spiro atoms. The number of rotatable bonds is 3. The molecule has 0 atom stereocenters. The maximum atomic E-state index is 13.3. The van der Waals surface area contributed by atoms with Crippen molar-refractivity contribution >= 4 is 27.3 Å². The Morgan fingerprint density at radius 2 is 2.06 bits per heavy atom. The van der Waals surface area contributed by atoms with E-state index in [1.807, 2.05) is 0 Å². The fourth-order valence-electron chi connectivity index (χ4n) is 1.23. The van der Waals surface area contributed by atoms with Gasteiger partial charge >= 0.3 is 0 Å². The number of sulfonamides is 1. The van der Waals surface area contributed by atoms with E-state index in [0.717, 1.165) is 6.20 Å². The average Bonchev–Trinajstić information content (AvgIpc) is 2.32. The van der Waals surface area contributed by atoms with Crippen LogP contribution in [-0.4, -0.2) is 18.4 Å². The minimum atomic E-state index is -3.98. The summed E-state index contributed by atoms with van der Waals surface area (Å²) >= 11 is 5.68. The minimum absolute atomic E-state index is 0.181. The van der Waals surface area contributed by atoms with Crippen molar-refractivity contribution in [1.82, 2.24) is 9.97 Å². The van der Waals surface area contributed by atoms with Gasteiger partial charge in [0.1, 0.15) is 10.0 Å². The summed E-state index contributed by atoms with van der Waals surface area (Å²) in [6.07, 6.45) is 3.53. The van der Waals surface area contributed by atoms with Crippen molar-refractivity contribution in [2.24, 2.45) is 0 Å². The summed E-state index contributed by atoms with van der Waals surface area (Å²) in [6, 6.07) is 3.90. The fourth-order valence-corrected chi connectivity index (χ4v) is 2.75. The molecule has 0 radical (unpaired) electrons. The summed E-state index contributed by atoms with van der Waals surface area (Å²) < 4.78 is 39.3. The first-order valence-corrected chi connectivity index (χ1v) is 6.59. The van der Waals surface area contributed by atoms with Gasteiger partial charge in [-0.3, -0.25) is 9.71 Å². The van der Waals surface area contributed by atoms with Gasteiger partial charge in [-0.15, -0.1) is 0 Å². The Bertz CT molecular complexity index is 678. The Balaban J connectivity index is 2.40. The number of aromatic nitrogens is 2. The van der Waals surface area contributed by atoms with E-state index >= 15 is 0 Å². The number of nitrogens with one attached hydrogen (secondary N) is 1. The molecule has 0 aliphatic rings. The molecular formula is C10H7ClFN3O2S. The number of hydrogen-bond acceptors (Lipinski definition) is 4. The lowest BCUT2D eigenvalue weighted by atomic mass is 10.4. The Morgan fingerprint density at radius 1 is 1.28 bits per heavy atom. The summed E-state index contributed by atoms with van der Waals surface area (Å²) in [5.74, 6) is -0.777. The van der Waals surface area contributed by atoms with E-state index in [1.54, 1.807) is 0 Å². The normalized spacial score (nSPS) is 11.2. The predicted octanol–water partition coefficient (Wildman–Crippen LogP) is 2.07. The van der Waals surface area contributed by atoms with E-state index in [-0.39, 0.29) is 15.7 Å². The van der Waals surface area contributed by atoms with Crippen LogP contribution in [-0.2, 0) is 10.0 Å². The molecule has 8 heteroatoms. The van der Waals surface area contributed by atoms with Crippen LogP contribution in [0.25, 0.3) is 0 Å². The topological polar surface area (TPSA) is 72.0 Å². The highest BCUT2D eigenvalue weighted by molar-refractivity contribution is 7.92. The second kappa shape index (κ2) is 4.87. The molecule has 0 aliphatic heterocycles. The van der Waals surface area contributed by atoms with Gasteiger partial charge in [-0.1, -0.05) is 11.6 Å². The molecule has 1 N–H and O–H groups in total. The molecule has 0 saturated heterocycles. The lowest BCUT2D eigenvalue weighted by molar-refractivity contribution is 0.597. The van der Waals surface area contributed by atoms with E-state index in [9.17, 15) is 12.8 Å². The van der Waals surface area contributed by atoms with E-state index < -0.39 is 15.8 Å². The molecule has 94 valence electrons. The van der Waals surface area contributed by atoms with Gasteiger partial charge in [0.05, 0.1) is 11.9 Å². The molecule has 0 bridgehead atoms. The molecular weight excluding hydrogens is 281 g/mol. The van der Waals surface area contributed by atoms with Crippen molar-refractivity contribution in [2.45, 2.75) is 4.90 Å². The largest absolute Gasteiger partial charge is 0.276 e. The zero-order valence-electron chi connectivity index (χ0n) is 8.84. The number of pyridine rings is 2. The number of hydrogen-bond donors (Lipinski definition) is 1. The summed E-state index contributed by atoms with van der Waals surface area (Å²) in [7, 11) is -3.98. The SMILES string of the molecule is O=S(=O)(Nc1ccncc1F)c1cccnc1Cl. The lowest BCUT2D eigenvalue weighted by Gasteiger charge is -2.08. The zero-order valence-corrected chi connectivity index (χ0v) is 10.4. The van der Waals surface area contributed by atoms with Crippen molar-refractivity contribution < 1.29 is 12.8 Å². The molecule has 2 rings (SSSR count). The van der Waals surface area contributed by atoms with Crippen LogP contribution in [0.2, 0.25) is 5.15 Å². The van der Waals surface area contributed by atoms with Crippen molar-refractivity contribution in [3.05, 3.63) is 47.8 Å².